The highest BCUT2D eigenvalue weighted by Crippen LogP contribution is 2.44. The van der Waals surface area contributed by atoms with Gasteiger partial charge in [0.05, 0.1) is 5.41 Å². The second-order valence-electron chi connectivity index (χ2n) is 7.04. The van der Waals surface area contributed by atoms with Gasteiger partial charge in [-0.2, -0.15) is 0 Å². The van der Waals surface area contributed by atoms with E-state index in [1.807, 2.05) is 24.3 Å². The quantitative estimate of drug-likeness (QED) is 0.814. The minimum absolute atomic E-state index is 0.0293. The first-order valence-corrected chi connectivity index (χ1v) is 9.02. The van der Waals surface area contributed by atoms with Crippen molar-refractivity contribution in [2.45, 2.75) is 11.8 Å². The van der Waals surface area contributed by atoms with Crippen molar-refractivity contribution in [1.29, 1.82) is 0 Å². The Kier molecular flexibility index (Phi) is 3.50. The van der Waals surface area contributed by atoms with Gasteiger partial charge in [0.1, 0.15) is 13.2 Å². The Labute approximate surface area is 156 Å². The van der Waals surface area contributed by atoms with E-state index >= 15 is 0 Å². The molecule has 7 nitrogen and oxygen atoms in total. The predicted molar refractivity (Wildman–Crippen MR) is 99.4 cm³/mol. The van der Waals surface area contributed by atoms with Crippen LogP contribution < -0.4 is 20.1 Å². The molecule has 5 rings (SSSR count). The van der Waals surface area contributed by atoms with Gasteiger partial charge in [0.15, 0.2) is 11.5 Å². The Bertz CT molecular complexity index is 945. The van der Waals surface area contributed by atoms with Gasteiger partial charge in [-0.1, -0.05) is 18.2 Å². The third-order valence-corrected chi connectivity index (χ3v) is 5.48. The molecule has 3 amide bonds. The summed E-state index contributed by atoms with van der Waals surface area (Å²) in [4.78, 5) is 27.1. The number of hydrogen-bond donors (Lipinski definition) is 2. The first-order chi connectivity index (χ1) is 13.2. The summed E-state index contributed by atoms with van der Waals surface area (Å²) in [6.07, 6.45) is 0.615. The summed E-state index contributed by atoms with van der Waals surface area (Å²) in [7, 11) is 0. The van der Waals surface area contributed by atoms with Crippen molar-refractivity contribution in [2.24, 2.45) is 0 Å². The van der Waals surface area contributed by atoms with Crippen molar-refractivity contribution >= 4 is 23.3 Å². The minimum atomic E-state index is -0.652. The van der Waals surface area contributed by atoms with Crippen LogP contribution in [0.4, 0.5) is 16.2 Å². The maximum absolute atomic E-state index is 12.8. The SMILES string of the molecule is O=C(Nc1ccc2c(c1)OCCO2)N1CCC2(C1)C(=O)Nc1ccccc12. The number of urea groups is 1. The highest BCUT2D eigenvalue weighted by molar-refractivity contribution is 6.07. The number of anilines is 2. The van der Waals surface area contributed by atoms with Crippen molar-refractivity contribution in [3.63, 3.8) is 0 Å². The Balaban J connectivity index is 1.34. The van der Waals surface area contributed by atoms with Crippen molar-refractivity contribution in [3.8, 4) is 11.5 Å². The van der Waals surface area contributed by atoms with Crippen LogP contribution in [0, 0.1) is 0 Å². The molecular weight excluding hydrogens is 346 g/mol. The standard InChI is InChI=1S/C20H19N3O4/c24-18-20(14-3-1-2-4-15(14)22-18)7-8-23(12-20)19(25)21-13-5-6-16-17(11-13)27-10-9-26-16/h1-6,11H,7-10,12H2,(H,21,25)(H,22,24). The van der Waals surface area contributed by atoms with E-state index in [0.29, 0.717) is 49.9 Å². The lowest BCUT2D eigenvalue weighted by molar-refractivity contribution is -0.120. The summed E-state index contributed by atoms with van der Waals surface area (Å²) in [5.74, 6) is 1.28. The molecule has 1 saturated heterocycles. The molecule has 0 bridgehead atoms. The molecule has 2 N–H and O–H groups in total. The van der Waals surface area contributed by atoms with Crippen LogP contribution in [0.25, 0.3) is 0 Å². The van der Waals surface area contributed by atoms with Crippen LogP contribution in [0.15, 0.2) is 42.5 Å². The molecule has 0 saturated carbocycles. The first-order valence-electron chi connectivity index (χ1n) is 9.02. The van der Waals surface area contributed by atoms with Crippen LogP contribution in [0.2, 0.25) is 0 Å². The summed E-state index contributed by atoms with van der Waals surface area (Å²) in [5.41, 5.74) is 1.81. The van der Waals surface area contributed by atoms with E-state index in [1.165, 1.54) is 0 Å². The topological polar surface area (TPSA) is 79.9 Å². The number of hydrogen-bond acceptors (Lipinski definition) is 4. The van der Waals surface area contributed by atoms with Crippen LogP contribution >= 0.6 is 0 Å². The number of fused-ring (bicyclic) bond motifs is 3. The molecule has 27 heavy (non-hydrogen) atoms. The average Bonchev–Trinajstić information content (AvgIpc) is 3.25. The Hall–Kier alpha value is -3.22. The monoisotopic (exact) mass is 365 g/mol. The molecule has 3 aliphatic rings. The average molecular weight is 365 g/mol. The first kappa shape index (κ1) is 16.0. The summed E-state index contributed by atoms with van der Waals surface area (Å²) in [6.45, 7) is 1.91. The molecule has 2 aromatic rings. The van der Waals surface area contributed by atoms with E-state index in [-0.39, 0.29) is 11.9 Å². The molecule has 0 aliphatic carbocycles. The summed E-state index contributed by atoms with van der Waals surface area (Å²) < 4.78 is 11.1. The zero-order valence-corrected chi connectivity index (χ0v) is 14.7. The van der Waals surface area contributed by atoms with Gasteiger partial charge >= 0.3 is 6.03 Å². The van der Waals surface area contributed by atoms with Gasteiger partial charge in [-0.25, -0.2) is 4.79 Å². The molecule has 1 spiro atoms. The van der Waals surface area contributed by atoms with E-state index in [4.69, 9.17) is 9.47 Å². The van der Waals surface area contributed by atoms with E-state index in [9.17, 15) is 9.59 Å². The van der Waals surface area contributed by atoms with Crippen molar-refractivity contribution in [1.82, 2.24) is 4.90 Å². The van der Waals surface area contributed by atoms with E-state index in [0.717, 1.165) is 11.3 Å². The fourth-order valence-corrected chi connectivity index (χ4v) is 4.09. The summed E-state index contributed by atoms with van der Waals surface area (Å²) >= 11 is 0. The van der Waals surface area contributed by atoms with E-state index in [2.05, 4.69) is 10.6 Å². The van der Waals surface area contributed by atoms with Crippen LogP contribution in [0.3, 0.4) is 0 Å². The molecule has 0 aromatic heterocycles. The highest BCUT2D eigenvalue weighted by Gasteiger charge is 2.51. The number of rotatable bonds is 1. The fourth-order valence-electron chi connectivity index (χ4n) is 4.09. The third-order valence-electron chi connectivity index (χ3n) is 5.48. The highest BCUT2D eigenvalue weighted by atomic mass is 16.6. The van der Waals surface area contributed by atoms with Crippen LogP contribution in [0.5, 0.6) is 11.5 Å². The number of ether oxygens (including phenoxy) is 2. The van der Waals surface area contributed by atoms with Crippen molar-refractivity contribution in [2.75, 3.05) is 36.9 Å². The molecule has 3 heterocycles. The normalized spacial score (nSPS) is 22.5. The second-order valence-corrected chi connectivity index (χ2v) is 7.04. The van der Waals surface area contributed by atoms with Gasteiger partial charge in [-0.15, -0.1) is 0 Å². The van der Waals surface area contributed by atoms with Crippen LogP contribution in [-0.4, -0.2) is 43.1 Å². The second kappa shape index (κ2) is 5.90. The molecule has 2 aromatic carbocycles. The molecule has 1 unspecified atom stereocenters. The number of carbonyl (C=O) groups is 2. The lowest BCUT2D eigenvalue weighted by Gasteiger charge is -2.23. The third kappa shape index (κ3) is 2.50. The number of nitrogens with zero attached hydrogens (tertiary/aromatic N) is 1. The lowest BCUT2D eigenvalue weighted by Crippen LogP contribution is -2.40. The maximum atomic E-state index is 12.8. The molecule has 7 heteroatoms. The molecule has 1 atom stereocenters. The van der Waals surface area contributed by atoms with E-state index in [1.54, 1.807) is 23.1 Å². The number of benzene rings is 2. The maximum Gasteiger partial charge on any atom is 0.321 e. The largest absolute Gasteiger partial charge is 0.486 e. The number of amides is 3. The van der Waals surface area contributed by atoms with Crippen molar-refractivity contribution in [3.05, 3.63) is 48.0 Å². The molecule has 1 fully saturated rings. The van der Waals surface area contributed by atoms with Gasteiger partial charge in [0.25, 0.3) is 0 Å². The van der Waals surface area contributed by atoms with Crippen molar-refractivity contribution < 1.29 is 19.1 Å². The van der Waals surface area contributed by atoms with Gasteiger partial charge in [-0.3, -0.25) is 4.79 Å². The summed E-state index contributed by atoms with van der Waals surface area (Å²) in [6, 6.07) is 12.8. The Morgan fingerprint density at radius 3 is 2.81 bits per heavy atom. The zero-order valence-electron chi connectivity index (χ0n) is 14.7. The van der Waals surface area contributed by atoms with Crippen LogP contribution in [-0.2, 0) is 10.2 Å². The Morgan fingerprint density at radius 1 is 1.11 bits per heavy atom. The molecule has 0 radical (unpaired) electrons. The summed E-state index contributed by atoms with van der Waals surface area (Å²) in [5, 5.41) is 5.84. The molecular formula is C20H19N3O4. The predicted octanol–water partition coefficient (Wildman–Crippen LogP) is 2.59. The lowest BCUT2D eigenvalue weighted by atomic mass is 9.81. The van der Waals surface area contributed by atoms with Crippen LogP contribution in [0.1, 0.15) is 12.0 Å². The molecule has 3 aliphatic heterocycles. The zero-order chi connectivity index (χ0) is 18.4. The number of carbonyl (C=O) groups excluding carboxylic acids is 2. The molecule has 138 valence electrons. The number of likely N-dealkylation sites (tertiary alicyclic amines) is 1. The number of nitrogens with one attached hydrogen (secondary N) is 2. The minimum Gasteiger partial charge on any atom is -0.486 e. The van der Waals surface area contributed by atoms with Gasteiger partial charge in [-0.05, 0) is 30.2 Å². The fraction of sp³-hybridized carbons (Fsp3) is 0.300. The van der Waals surface area contributed by atoms with Gasteiger partial charge in [0, 0.05) is 30.5 Å². The van der Waals surface area contributed by atoms with Gasteiger partial charge < -0.3 is 25.0 Å². The Morgan fingerprint density at radius 2 is 1.93 bits per heavy atom. The van der Waals surface area contributed by atoms with E-state index < -0.39 is 5.41 Å². The smallest absolute Gasteiger partial charge is 0.321 e. The number of para-hydroxylation sites is 1. The van der Waals surface area contributed by atoms with Gasteiger partial charge in [0.2, 0.25) is 5.91 Å².